The van der Waals surface area contributed by atoms with Crippen LogP contribution in [0.2, 0.25) is 0 Å². The second kappa shape index (κ2) is 6.05. The number of fused-ring (bicyclic) bond motifs is 3. The summed E-state index contributed by atoms with van der Waals surface area (Å²) in [6.45, 7) is 0. The number of hydrogen-bond donors (Lipinski definition) is 0. The molecule has 0 N–H and O–H groups in total. The zero-order valence-corrected chi connectivity index (χ0v) is 14.2. The van der Waals surface area contributed by atoms with Gasteiger partial charge in [0, 0.05) is 17.0 Å². The molecule has 0 aliphatic carbocycles. The maximum atomic E-state index is 12.0. The van der Waals surface area contributed by atoms with Crippen LogP contribution >= 0.6 is 0 Å². The number of rotatable bonds is 1. The van der Waals surface area contributed by atoms with Gasteiger partial charge in [-0.3, -0.25) is 4.98 Å². The van der Waals surface area contributed by atoms with Crippen molar-refractivity contribution in [2.75, 3.05) is 0 Å². The fourth-order valence-electron chi connectivity index (χ4n) is 2.55. The number of nitrogens with zero attached hydrogens (tertiary/aromatic N) is 2. The average Bonchev–Trinajstić information content (AvgIpc) is 2.55. The summed E-state index contributed by atoms with van der Waals surface area (Å²) in [6.07, 6.45) is 1.76. The van der Waals surface area contributed by atoms with Crippen molar-refractivity contribution in [3.63, 3.8) is 0 Å². The third-order valence-electron chi connectivity index (χ3n) is 3.60. The normalized spacial score (nSPS) is 10.5. The third kappa shape index (κ3) is 2.48. The maximum Gasteiger partial charge on any atom is 1.00 e. The fraction of sp³-hybridized carbons (Fsp3) is 0. The van der Waals surface area contributed by atoms with E-state index in [1.165, 1.54) is 0 Å². The summed E-state index contributed by atoms with van der Waals surface area (Å²) in [4.78, 5) is 9.10. The van der Waals surface area contributed by atoms with Crippen molar-refractivity contribution in [3.8, 4) is 17.0 Å². The molecule has 2 heterocycles. The van der Waals surface area contributed by atoms with Crippen LogP contribution in [0.1, 0.15) is 0 Å². The van der Waals surface area contributed by atoms with Gasteiger partial charge in [0.2, 0.25) is 0 Å². The first kappa shape index (κ1) is 15.0. The molecule has 2 aromatic heterocycles. The molecule has 0 bridgehead atoms. The Balaban J connectivity index is 0.00000144. The Hall–Kier alpha value is -1.94. The Kier molecular flexibility index (Phi) is 4.12. The second-order valence-corrected chi connectivity index (χ2v) is 4.91. The van der Waals surface area contributed by atoms with E-state index in [0.717, 1.165) is 21.8 Å². The van der Waals surface area contributed by atoms with Crippen LogP contribution in [0.15, 0.2) is 66.9 Å². The van der Waals surface area contributed by atoms with Gasteiger partial charge in [-0.25, -0.2) is 4.98 Å². The van der Waals surface area contributed by atoms with E-state index in [-0.39, 0.29) is 35.3 Å². The van der Waals surface area contributed by atoms with Crippen molar-refractivity contribution in [3.05, 3.63) is 66.9 Å². The first-order valence-electron chi connectivity index (χ1n) is 6.74. The molecule has 4 aromatic rings. The number of pyridine rings is 2. The van der Waals surface area contributed by atoms with Crippen molar-refractivity contribution in [2.24, 2.45) is 0 Å². The van der Waals surface area contributed by atoms with E-state index in [2.05, 4.69) is 9.97 Å². The molecule has 0 saturated carbocycles. The number of hydrogen-bond acceptors (Lipinski definition) is 3. The molecule has 100 valence electrons. The molecule has 2 aromatic carbocycles. The van der Waals surface area contributed by atoms with Crippen molar-refractivity contribution in [1.82, 2.24) is 9.97 Å². The Labute approximate surface area is 149 Å². The smallest absolute Gasteiger partial charge is 0.872 e. The van der Waals surface area contributed by atoms with Crippen molar-refractivity contribution >= 4 is 21.8 Å². The van der Waals surface area contributed by atoms with Crippen LogP contribution in [0.25, 0.3) is 33.1 Å². The minimum absolute atomic E-state index is 0. The standard InChI is InChI=1S/C18H12N2O.Na/c21-16-6-2-1-5-14(16)15-10-9-13-8-7-12-4-3-11-19-17(12)18(13)20-15;/h1-11,21H;/q;+1/p-1. The molecule has 0 aliphatic rings. The predicted octanol–water partition coefficient (Wildman–Crippen LogP) is 0.528. The molecule has 0 aliphatic heterocycles. The Morgan fingerprint density at radius 2 is 1.45 bits per heavy atom. The number of para-hydroxylation sites is 1. The second-order valence-electron chi connectivity index (χ2n) is 4.91. The van der Waals surface area contributed by atoms with Crippen LogP contribution in [-0.2, 0) is 0 Å². The van der Waals surface area contributed by atoms with E-state index >= 15 is 0 Å². The molecule has 0 spiro atoms. The average molecular weight is 294 g/mol. The van der Waals surface area contributed by atoms with Crippen LogP contribution in [-0.4, -0.2) is 9.97 Å². The van der Waals surface area contributed by atoms with E-state index in [1.807, 2.05) is 42.5 Å². The zero-order valence-electron chi connectivity index (χ0n) is 12.2. The Morgan fingerprint density at radius 3 is 2.27 bits per heavy atom. The molecule has 0 saturated heterocycles. The van der Waals surface area contributed by atoms with Gasteiger partial charge in [0.05, 0.1) is 16.7 Å². The van der Waals surface area contributed by atoms with E-state index in [0.29, 0.717) is 11.3 Å². The summed E-state index contributed by atoms with van der Waals surface area (Å²) in [6, 6.07) is 18.8. The van der Waals surface area contributed by atoms with Crippen LogP contribution in [0.4, 0.5) is 0 Å². The molecular formula is C18H11N2NaO. The molecule has 4 rings (SSSR count). The largest absolute Gasteiger partial charge is 1.00 e. The van der Waals surface area contributed by atoms with E-state index in [4.69, 9.17) is 0 Å². The SMILES string of the molecule is [Na+].[O-]c1ccccc1-c1ccc2ccc3cccnc3c2n1. The molecule has 0 amide bonds. The fourth-order valence-corrected chi connectivity index (χ4v) is 2.55. The van der Waals surface area contributed by atoms with Gasteiger partial charge in [0.15, 0.2) is 0 Å². The van der Waals surface area contributed by atoms with Gasteiger partial charge >= 0.3 is 29.6 Å². The summed E-state index contributed by atoms with van der Waals surface area (Å²) >= 11 is 0. The summed E-state index contributed by atoms with van der Waals surface area (Å²) in [5.74, 6) is -0.0162. The van der Waals surface area contributed by atoms with Crippen LogP contribution in [0, 0.1) is 0 Å². The molecule has 4 heteroatoms. The maximum absolute atomic E-state index is 12.0. The summed E-state index contributed by atoms with van der Waals surface area (Å²) < 4.78 is 0. The van der Waals surface area contributed by atoms with Crippen molar-refractivity contribution < 1.29 is 34.7 Å². The van der Waals surface area contributed by atoms with Gasteiger partial charge in [-0.2, -0.15) is 0 Å². The molecule has 0 radical (unpaired) electrons. The van der Waals surface area contributed by atoms with Crippen molar-refractivity contribution in [2.45, 2.75) is 0 Å². The molecule has 0 unspecified atom stereocenters. The van der Waals surface area contributed by atoms with Gasteiger partial charge < -0.3 is 5.11 Å². The third-order valence-corrected chi connectivity index (χ3v) is 3.60. The van der Waals surface area contributed by atoms with Crippen molar-refractivity contribution in [1.29, 1.82) is 0 Å². The van der Waals surface area contributed by atoms with Gasteiger partial charge in [0.25, 0.3) is 0 Å². The quantitative estimate of drug-likeness (QED) is 0.380. The van der Waals surface area contributed by atoms with E-state index in [1.54, 1.807) is 24.4 Å². The molecule has 0 fully saturated rings. The van der Waals surface area contributed by atoms with Gasteiger partial charge in [-0.1, -0.05) is 54.3 Å². The topological polar surface area (TPSA) is 48.8 Å². The minimum atomic E-state index is -0.0162. The molecule has 3 nitrogen and oxygen atoms in total. The minimum Gasteiger partial charge on any atom is -0.872 e. The predicted molar refractivity (Wildman–Crippen MR) is 81.9 cm³/mol. The number of benzene rings is 2. The summed E-state index contributed by atoms with van der Waals surface area (Å²) in [7, 11) is 0. The summed E-state index contributed by atoms with van der Waals surface area (Å²) in [5.41, 5.74) is 2.99. The first-order chi connectivity index (χ1) is 10.3. The number of aromatic nitrogens is 2. The monoisotopic (exact) mass is 294 g/mol. The molecular weight excluding hydrogens is 283 g/mol. The molecule has 0 atom stereocenters. The zero-order chi connectivity index (χ0) is 14.2. The van der Waals surface area contributed by atoms with Gasteiger partial charge in [0.1, 0.15) is 0 Å². The Bertz CT molecular complexity index is 969. The van der Waals surface area contributed by atoms with Gasteiger partial charge in [-0.15, -0.1) is 0 Å². The van der Waals surface area contributed by atoms with E-state index in [9.17, 15) is 5.11 Å². The van der Waals surface area contributed by atoms with Crippen LogP contribution in [0.3, 0.4) is 0 Å². The molecule has 22 heavy (non-hydrogen) atoms. The van der Waals surface area contributed by atoms with Crippen LogP contribution in [0.5, 0.6) is 5.75 Å². The first-order valence-corrected chi connectivity index (χ1v) is 6.74. The van der Waals surface area contributed by atoms with Gasteiger partial charge in [-0.05, 0) is 17.7 Å². The summed E-state index contributed by atoms with van der Waals surface area (Å²) in [5, 5.41) is 14.0. The Morgan fingerprint density at radius 1 is 0.727 bits per heavy atom. The van der Waals surface area contributed by atoms with Crippen LogP contribution < -0.4 is 34.7 Å². The van der Waals surface area contributed by atoms with E-state index < -0.39 is 0 Å².